The lowest BCUT2D eigenvalue weighted by Gasteiger charge is -2.40. The Labute approximate surface area is 259 Å². The Morgan fingerprint density at radius 1 is 0.750 bits per heavy atom. The van der Waals surface area contributed by atoms with Crippen LogP contribution in [0.25, 0.3) is 0 Å². The molecule has 2 N–H and O–H groups in total. The molecule has 2 fully saturated rings. The number of nitrogens with zero attached hydrogens (tertiary/aromatic N) is 4. The summed E-state index contributed by atoms with van der Waals surface area (Å²) in [6.07, 6.45) is 2.78. The smallest absolute Gasteiger partial charge is 0.354 e. The number of carboxylic acids is 2. The van der Waals surface area contributed by atoms with Crippen LogP contribution in [0, 0.1) is 5.41 Å². The van der Waals surface area contributed by atoms with Gasteiger partial charge in [-0.3, -0.25) is 9.80 Å². The van der Waals surface area contributed by atoms with E-state index in [1.165, 1.54) is 12.1 Å². The predicted octanol–water partition coefficient (Wildman–Crippen LogP) is 3.20. The molecule has 1 aliphatic heterocycles. The zero-order valence-electron chi connectivity index (χ0n) is 25.9. The Morgan fingerprint density at radius 2 is 1.23 bits per heavy atom. The highest BCUT2D eigenvalue weighted by Gasteiger charge is 2.36. The van der Waals surface area contributed by atoms with Crippen LogP contribution in [0.3, 0.4) is 0 Å². The van der Waals surface area contributed by atoms with Crippen molar-refractivity contribution >= 4 is 11.9 Å². The number of fused-ring (bicyclic) bond motifs is 1. The molecule has 0 radical (unpaired) electrons. The van der Waals surface area contributed by atoms with Crippen LogP contribution in [0.1, 0.15) is 65.5 Å². The minimum absolute atomic E-state index is 0.0285. The van der Waals surface area contributed by atoms with Crippen LogP contribution < -0.4 is 0 Å². The Morgan fingerprint density at radius 3 is 1.73 bits per heavy atom. The molecule has 44 heavy (non-hydrogen) atoms. The molecule has 242 valence electrons. The van der Waals surface area contributed by atoms with Crippen molar-refractivity contribution in [2.75, 3.05) is 65.8 Å². The molecule has 1 saturated heterocycles. The van der Waals surface area contributed by atoms with Gasteiger partial charge in [-0.2, -0.15) is 0 Å². The molecule has 0 spiro atoms. The van der Waals surface area contributed by atoms with Crippen molar-refractivity contribution in [3.05, 3.63) is 59.2 Å². The van der Waals surface area contributed by atoms with E-state index in [0.29, 0.717) is 90.3 Å². The lowest BCUT2D eigenvalue weighted by Crippen LogP contribution is -2.43. The van der Waals surface area contributed by atoms with E-state index in [0.717, 1.165) is 19.3 Å². The van der Waals surface area contributed by atoms with Gasteiger partial charge in [-0.05, 0) is 48.9 Å². The normalized spacial score (nSPS) is 23.6. The van der Waals surface area contributed by atoms with Crippen molar-refractivity contribution in [2.45, 2.75) is 58.4 Å². The van der Waals surface area contributed by atoms with E-state index in [1.807, 2.05) is 12.1 Å². The maximum atomic E-state index is 11.4. The molecule has 2 aromatic rings. The van der Waals surface area contributed by atoms with E-state index >= 15 is 0 Å². The number of rotatable bonds is 6. The number of hydrogen-bond donors (Lipinski definition) is 2. The van der Waals surface area contributed by atoms with Gasteiger partial charge in [0.15, 0.2) is 0 Å². The van der Waals surface area contributed by atoms with Crippen LogP contribution in [0.15, 0.2) is 36.4 Å². The number of pyridine rings is 2. The minimum Gasteiger partial charge on any atom is -0.477 e. The summed E-state index contributed by atoms with van der Waals surface area (Å²) < 4.78 is 24.7. The molecule has 1 aliphatic carbocycles. The topological polar surface area (TPSA) is 144 Å². The molecule has 2 aliphatic rings. The minimum atomic E-state index is -1.05. The number of carboxylic acid groups (broad SMARTS) is 2. The monoisotopic (exact) mass is 614 g/mol. The highest BCUT2D eigenvalue weighted by atomic mass is 16.5. The summed E-state index contributed by atoms with van der Waals surface area (Å²) in [6.45, 7) is 10.9. The molecule has 12 heteroatoms. The molecule has 2 unspecified atom stereocenters. The van der Waals surface area contributed by atoms with Gasteiger partial charge >= 0.3 is 11.9 Å². The van der Waals surface area contributed by atoms with Crippen LogP contribution in [-0.4, -0.2) is 120 Å². The van der Waals surface area contributed by atoms with Gasteiger partial charge in [-0.15, -0.1) is 0 Å². The summed E-state index contributed by atoms with van der Waals surface area (Å²) in [5, 5.41) is 18.7. The third kappa shape index (κ3) is 11.2. The zero-order chi connectivity index (χ0) is 31.4. The summed E-state index contributed by atoms with van der Waals surface area (Å²) in [6, 6.07) is 10.1. The summed E-state index contributed by atoms with van der Waals surface area (Å²) >= 11 is 0. The molecule has 3 heterocycles. The van der Waals surface area contributed by atoms with Crippen LogP contribution in [0.5, 0.6) is 0 Å². The van der Waals surface area contributed by atoms with Crippen molar-refractivity contribution in [3.63, 3.8) is 0 Å². The van der Waals surface area contributed by atoms with Gasteiger partial charge in [0, 0.05) is 39.3 Å². The number of aromatic nitrogens is 2. The van der Waals surface area contributed by atoms with Crippen LogP contribution in [0.4, 0.5) is 0 Å². The van der Waals surface area contributed by atoms with Crippen molar-refractivity contribution in [1.29, 1.82) is 0 Å². The summed E-state index contributed by atoms with van der Waals surface area (Å²) in [4.78, 5) is 35.8. The maximum absolute atomic E-state index is 11.4. The first kappa shape index (κ1) is 33.9. The quantitative estimate of drug-likeness (QED) is 0.493. The van der Waals surface area contributed by atoms with Crippen molar-refractivity contribution in [1.82, 2.24) is 19.8 Å². The molecule has 0 amide bonds. The number of carbonyl (C=O) groups is 2. The molecule has 4 rings (SSSR count). The van der Waals surface area contributed by atoms with Gasteiger partial charge in [-0.25, -0.2) is 19.6 Å². The first-order chi connectivity index (χ1) is 21.2. The average molecular weight is 615 g/mol. The van der Waals surface area contributed by atoms with Gasteiger partial charge in [0.05, 0.1) is 63.2 Å². The molecule has 0 aromatic carbocycles. The SMILES string of the molecule is CC1(C)CCC2OCCN(Cc3cccc(C(=O)O)n3)CCOCCOCCN(Cc3cccc(C(=O)O)n3)CCOC2C1. The molecule has 0 bridgehead atoms. The summed E-state index contributed by atoms with van der Waals surface area (Å²) in [5.74, 6) is -2.09. The molecule has 1 saturated carbocycles. The fourth-order valence-electron chi connectivity index (χ4n) is 5.60. The zero-order valence-corrected chi connectivity index (χ0v) is 25.9. The standard InChI is InChI=1S/C32H46N4O8/c1-32(2)10-9-28-29(21-32)44-18-14-36(23-25-6-4-8-27(34-25)31(39)40)12-16-42-20-19-41-15-11-35(13-17-43-28)22-24-5-3-7-26(33-24)30(37)38/h3-8,28-29H,9-23H2,1-2H3,(H,37,38)(H,39,40). The van der Waals surface area contributed by atoms with Crippen molar-refractivity contribution in [2.24, 2.45) is 5.41 Å². The van der Waals surface area contributed by atoms with Gasteiger partial charge in [-0.1, -0.05) is 26.0 Å². The van der Waals surface area contributed by atoms with E-state index in [2.05, 4.69) is 33.6 Å². The maximum Gasteiger partial charge on any atom is 0.354 e. The van der Waals surface area contributed by atoms with E-state index < -0.39 is 11.9 Å². The summed E-state index contributed by atoms with van der Waals surface area (Å²) in [5.41, 5.74) is 1.58. The Bertz CT molecular complexity index is 1210. The molecule has 2 aromatic heterocycles. The van der Waals surface area contributed by atoms with E-state index in [9.17, 15) is 19.8 Å². The second-order valence-corrected chi connectivity index (χ2v) is 12.1. The van der Waals surface area contributed by atoms with Gasteiger partial charge in [0.1, 0.15) is 11.4 Å². The molecular weight excluding hydrogens is 568 g/mol. The predicted molar refractivity (Wildman–Crippen MR) is 162 cm³/mol. The van der Waals surface area contributed by atoms with E-state index in [-0.39, 0.29) is 29.0 Å². The largest absolute Gasteiger partial charge is 0.477 e. The highest BCUT2D eigenvalue weighted by molar-refractivity contribution is 5.85. The Hall–Kier alpha value is -3.00. The number of aromatic carboxylic acids is 2. The number of hydrogen-bond acceptors (Lipinski definition) is 10. The highest BCUT2D eigenvalue weighted by Crippen LogP contribution is 2.38. The third-order valence-corrected chi connectivity index (χ3v) is 8.05. The molecular formula is C32H46N4O8. The van der Waals surface area contributed by atoms with Crippen LogP contribution in [0.2, 0.25) is 0 Å². The lowest BCUT2D eigenvalue weighted by atomic mass is 9.75. The fourth-order valence-corrected chi connectivity index (χ4v) is 5.60. The lowest BCUT2D eigenvalue weighted by molar-refractivity contribution is -0.120. The van der Waals surface area contributed by atoms with Crippen molar-refractivity contribution in [3.8, 4) is 0 Å². The second-order valence-electron chi connectivity index (χ2n) is 12.1. The molecule has 2 atom stereocenters. The summed E-state index contributed by atoms with van der Waals surface area (Å²) in [7, 11) is 0. The fraction of sp³-hybridized carbons (Fsp3) is 0.625. The first-order valence-electron chi connectivity index (χ1n) is 15.4. The van der Waals surface area contributed by atoms with Gasteiger partial charge in [0.2, 0.25) is 0 Å². The van der Waals surface area contributed by atoms with E-state index in [1.54, 1.807) is 12.1 Å². The Balaban J connectivity index is 1.40. The second kappa shape index (κ2) is 16.9. The average Bonchev–Trinajstić information content (AvgIpc) is 2.98. The van der Waals surface area contributed by atoms with Gasteiger partial charge < -0.3 is 29.2 Å². The Kier molecular flexibility index (Phi) is 13.0. The van der Waals surface area contributed by atoms with Crippen LogP contribution in [-0.2, 0) is 32.0 Å². The molecule has 12 nitrogen and oxygen atoms in total. The van der Waals surface area contributed by atoms with Crippen molar-refractivity contribution < 1.29 is 38.7 Å². The van der Waals surface area contributed by atoms with Gasteiger partial charge in [0.25, 0.3) is 0 Å². The third-order valence-electron chi connectivity index (χ3n) is 8.05. The first-order valence-corrected chi connectivity index (χ1v) is 15.4. The number of ether oxygens (including phenoxy) is 4. The van der Waals surface area contributed by atoms with E-state index in [4.69, 9.17) is 18.9 Å². The van der Waals surface area contributed by atoms with Crippen LogP contribution >= 0.6 is 0 Å².